The number of hydrogen-bond acceptors (Lipinski definition) is 2. The van der Waals surface area contributed by atoms with Gasteiger partial charge in [0, 0.05) is 12.7 Å². The van der Waals surface area contributed by atoms with Crippen LogP contribution in [0.4, 0.5) is 4.39 Å². The molecule has 0 aliphatic rings. The summed E-state index contributed by atoms with van der Waals surface area (Å²) in [5.41, 5.74) is 2.70. The maximum absolute atomic E-state index is 13.3. The second-order valence-corrected chi connectivity index (χ2v) is 4.94. The van der Waals surface area contributed by atoms with Gasteiger partial charge in [-0.25, -0.2) is 9.37 Å². The van der Waals surface area contributed by atoms with Gasteiger partial charge < -0.3 is 4.90 Å². The van der Waals surface area contributed by atoms with Crippen LogP contribution >= 0.6 is 15.9 Å². The highest BCUT2D eigenvalue weighted by molar-refractivity contribution is 9.10. The van der Waals surface area contributed by atoms with Crippen molar-refractivity contribution in [1.82, 2.24) is 14.3 Å². The number of imidazole rings is 1. The first kappa shape index (κ1) is 11.5. The first-order chi connectivity index (χ1) is 7.49. The molecule has 16 heavy (non-hydrogen) atoms. The van der Waals surface area contributed by atoms with E-state index in [1.165, 1.54) is 12.3 Å². The van der Waals surface area contributed by atoms with Gasteiger partial charge in [-0.3, -0.25) is 4.40 Å². The molecule has 0 aliphatic heterocycles. The monoisotopic (exact) mass is 285 g/mol. The Labute approximate surface area is 102 Å². The molecule has 2 heterocycles. The Morgan fingerprint density at radius 2 is 2.19 bits per heavy atom. The summed E-state index contributed by atoms with van der Waals surface area (Å²) in [6.45, 7) is 2.68. The highest BCUT2D eigenvalue weighted by atomic mass is 79.9. The topological polar surface area (TPSA) is 20.5 Å². The van der Waals surface area contributed by atoms with Crippen molar-refractivity contribution < 1.29 is 4.39 Å². The van der Waals surface area contributed by atoms with Crippen molar-refractivity contribution in [3.63, 3.8) is 0 Å². The van der Waals surface area contributed by atoms with Crippen LogP contribution < -0.4 is 0 Å². The minimum atomic E-state index is -0.267. The van der Waals surface area contributed by atoms with Gasteiger partial charge in [0.25, 0.3) is 0 Å². The Balaban J connectivity index is 2.68. The zero-order valence-electron chi connectivity index (χ0n) is 9.46. The van der Waals surface area contributed by atoms with Crippen LogP contribution in [0.15, 0.2) is 16.7 Å². The molecule has 0 radical (unpaired) electrons. The van der Waals surface area contributed by atoms with Gasteiger partial charge in [0.05, 0.1) is 15.9 Å². The summed E-state index contributed by atoms with van der Waals surface area (Å²) in [5.74, 6) is -0.267. The molecule has 0 aliphatic carbocycles. The smallest absolute Gasteiger partial charge is 0.151 e. The molecule has 0 saturated carbocycles. The largest absolute Gasteiger partial charge is 0.304 e. The summed E-state index contributed by atoms with van der Waals surface area (Å²) in [7, 11) is 3.96. The number of hydrogen-bond donors (Lipinski definition) is 0. The van der Waals surface area contributed by atoms with E-state index < -0.39 is 0 Å². The third-order valence-electron chi connectivity index (χ3n) is 2.41. The van der Waals surface area contributed by atoms with Crippen LogP contribution in [-0.2, 0) is 6.54 Å². The zero-order chi connectivity index (χ0) is 11.9. The summed E-state index contributed by atoms with van der Waals surface area (Å²) in [5, 5.41) is 0. The molecule has 0 N–H and O–H groups in total. The van der Waals surface area contributed by atoms with Crippen LogP contribution in [0, 0.1) is 12.7 Å². The summed E-state index contributed by atoms with van der Waals surface area (Å²) in [4.78, 5) is 6.47. The lowest BCUT2D eigenvalue weighted by molar-refractivity contribution is 0.394. The Kier molecular flexibility index (Phi) is 2.99. The van der Waals surface area contributed by atoms with Gasteiger partial charge >= 0.3 is 0 Å². The number of pyridine rings is 1. The van der Waals surface area contributed by atoms with Crippen LogP contribution in [0.1, 0.15) is 11.4 Å². The van der Waals surface area contributed by atoms with Crippen molar-refractivity contribution in [3.8, 4) is 0 Å². The molecule has 2 aromatic heterocycles. The second-order valence-electron chi connectivity index (χ2n) is 4.08. The normalized spacial score (nSPS) is 11.6. The molecule has 3 nitrogen and oxygen atoms in total. The van der Waals surface area contributed by atoms with Gasteiger partial charge in [-0.2, -0.15) is 0 Å². The molecule has 0 spiro atoms. The number of aryl methyl sites for hydroxylation is 1. The fraction of sp³-hybridized carbons (Fsp3) is 0.364. The number of nitrogens with zero attached hydrogens (tertiary/aromatic N) is 3. The van der Waals surface area contributed by atoms with Crippen molar-refractivity contribution >= 4 is 21.6 Å². The first-order valence-corrected chi connectivity index (χ1v) is 5.75. The Morgan fingerprint density at radius 1 is 1.50 bits per heavy atom. The third kappa shape index (κ3) is 1.97. The molecule has 5 heteroatoms. The number of halogens is 2. The van der Waals surface area contributed by atoms with E-state index >= 15 is 0 Å². The van der Waals surface area contributed by atoms with Gasteiger partial charge in [-0.1, -0.05) is 0 Å². The Morgan fingerprint density at radius 3 is 2.81 bits per heavy atom. The molecule has 0 bridgehead atoms. The molecule has 0 atom stereocenters. The van der Waals surface area contributed by atoms with Crippen LogP contribution in [0.25, 0.3) is 5.65 Å². The predicted molar refractivity (Wildman–Crippen MR) is 65.0 cm³/mol. The number of rotatable bonds is 2. The number of fused-ring (bicyclic) bond motifs is 1. The molecule has 0 amide bonds. The maximum Gasteiger partial charge on any atom is 0.151 e. The van der Waals surface area contributed by atoms with Crippen molar-refractivity contribution in [2.75, 3.05) is 14.1 Å². The first-order valence-electron chi connectivity index (χ1n) is 4.96. The SMILES string of the molecule is Cc1nc2c(Br)cc(F)cn2c1CN(C)C. The lowest BCUT2D eigenvalue weighted by Crippen LogP contribution is -2.13. The highest BCUT2D eigenvalue weighted by Crippen LogP contribution is 2.22. The molecule has 0 saturated heterocycles. The van der Waals surface area contributed by atoms with Crippen molar-refractivity contribution in [3.05, 3.63) is 33.9 Å². The highest BCUT2D eigenvalue weighted by Gasteiger charge is 2.12. The fourth-order valence-electron chi connectivity index (χ4n) is 1.72. The van der Waals surface area contributed by atoms with Crippen molar-refractivity contribution in [1.29, 1.82) is 0 Å². The molecule has 2 rings (SSSR count). The Bertz CT molecular complexity index is 533. The fourth-order valence-corrected chi connectivity index (χ4v) is 2.22. The van der Waals surface area contributed by atoms with Crippen LogP contribution in [0.5, 0.6) is 0 Å². The van der Waals surface area contributed by atoms with E-state index in [-0.39, 0.29) is 5.82 Å². The zero-order valence-corrected chi connectivity index (χ0v) is 11.0. The molecule has 0 unspecified atom stereocenters. The molecule has 2 aromatic rings. The van der Waals surface area contributed by atoms with E-state index in [1.54, 1.807) is 4.40 Å². The molecule has 0 fully saturated rings. The number of aromatic nitrogens is 2. The second kappa shape index (κ2) is 4.14. The minimum Gasteiger partial charge on any atom is -0.304 e. The average molecular weight is 286 g/mol. The third-order valence-corrected chi connectivity index (χ3v) is 2.99. The molecule has 0 aromatic carbocycles. The Hall–Kier alpha value is -0.940. The van der Waals surface area contributed by atoms with E-state index in [2.05, 4.69) is 20.9 Å². The van der Waals surface area contributed by atoms with Crippen LogP contribution in [-0.4, -0.2) is 28.4 Å². The van der Waals surface area contributed by atoms with E-state index in [0.29, 0.717) is 4.47 Å². The van der Waals surface area contributed by atoms with Crippen LogP contribution in [0.2, 0.25) is 0 Å². The van der Waals surface area contributed by atoms with Crippen molar-refractivity contribution in [2.24, 2.45) is 0 Å². The summed E-state index contributed by atoms with van der Waals surface area (Å²) in [6.07, 6.45) is 1.47. The van der Waals surface area contributed by atoms with Gasteiger partial charge in [0.2, 0.25) is 0 Å². The van der Waals surface area contributed by atoms with Crippen LogP contribution in [0.3, 0.4) is 0 Å². The van der Waals surface area contributed by atoms with Gasteiger partial charge in [-0.15, -0.1) is 0 Å². The maximum atomic E-state index is 13.3. The van der Waals surface area contributed by atoms with E-state index in [0.717, 1.165) is 23.6 Å². The minimum absolute atomic E-state index is 0.267. The molecular weight excluding hydrogens is 273 g/mol. The van der Waals surface area contributed by atoms with Crippen molar-refractivity contribution in [2.45, 2.75) is 13.5 Å². The van der Waals surface area contributed by atoms with E-state index in [9.17, 15) is 4.39 Å². The van der Waals surface area contributed by atoms with Gasteiger partial charge in [0.1, 0.15) is 5.82 Å². The van der Waals surface area contributed by atoms with Gasteiger partial charge in [0.15, 0.2) is 5.65 Å². The average Bonchev–Trinajstić information content (AvgIpc) is 2.45. The van der Waals surface area contributed by atoms with E-state index in [1.807, 2.05) is 25.9 Å². The summed E-state index contributed by atoms with van der Waals surface area (Å²) < 4.78 is 15.8. The summed E-state index contributed by atoms with van der Waals surface area (Å²) >= 11 is 3.32. The summed E-state index contributed by atoms with van der Waals surface area (Å²) in [6, 6.07) is 1.43. The van der Waals surface area contributed by atoms with Gasteiger partial charge in [-0.05, 0) is 43.0 Å². The lowest BCUT2D eigenvalue weighted by atomic mass is 10.3. The van der Waals surface area contributed by atoms with E-state index in [4.69, 9.17) is 0 Å². The quantitative estimate of drug-likeness (QED) is 0.846. The lowest BCUT2D eigenvalue weighted by Gasteiger charge is -2.10. The predicted octanol–water partition coefficient (Wildman–Crippen LogP) is 2.61. The molecular formula is C11H13BrFN3. The molecule has 86 valence electrons. The standard InChI is InChI=1S/C11H13BrFN3/c1-7-10(6-15(2)3)16-5-8(13)4-9(12)11(16)14-7/h4-5H,6H2,1-3H3.